The monoisotopic (exact) mass is 380 g/mol. The molecule has 3 heteroatoms. The number of rotatable bonds is 7. The molecule has 2 aromatic rings. The van der Waals surface area contributed by atoms with Gasteiger partial charge < -0.3 is 4.90 Å². The molecule has 1 aromatic carbocycles. The third kappa shape index (κ3) is 5.33. The SMILES string of the molecule is CC(C)CN(CC(C)C)C(=O)C[C@H]1CC[C@H](c2ccnc3ccccc32)CC1. The zero-order valence-corrected chi connectivity index (χ0v) is 18.0. The Hall–Kier alpha value is -1.90. The summed E-state index contributed by atoms with van der Waals surface area (Å²) >= 11 is 0. The highest BCUT2D eigenvalue weighted by atomic mass is 16.2. The molecule has 1 saturated carbocycles. The molecule has 152 valence electrons. The minimum atomic E-state index is 0.361. The molecule has 0 aliphatic heterocycles. The van der Waals surface area contributed by atoms with Gasteiger partial charge in [0.1, 0.15) is 0 Å². The van der Waals surface area contributed by atoms with Crippen molar-refractivity contribution in [3.63, 3.8) is 0 Å². The van der Waals surface area contributed by atoms with E-state index in [1.54, 1.807) is 0 Å². The van der Waals surface area contributed by atoms with Crippen molar-refractivity contribution < 1.29 is 4.79 Å². The number of benzene rings is 1. The summed E-state index contributed by atoms with van der Waals surface area (Å²) < 4.78 is 0. The first kappa shape index (κ1) is 20.8. The highest BCUT2D eigenvalue weighted by Crippen LogP contribution is 2.39. The zero-order valence-electron chi connectivity index (χ0n) is 18.0. The van der Waals surface area contributed by atoms with Crippen LogP contribution in [0, 0.1) is 17.8 Å². The number of carbonyl (C=O) groups excluding carboxylic acids is 1. The number of hydrogen-bond donors (Lipinski definition) is 0. The highest BCUT2D eigenvalue weighted by Gasteiger charge is 2.27. The molecule has 1 heterocycles. The summed E-state index contributed by atoms with van der Waals surface area (Å²) in [6, 6.07) is 10.7. The Morgan fingerprint density at radius 3 is 2.29 bits per heavy atom. The number of fused-ring (bicyclic) bond motifs is 1. The molecular weight excluding hydrogens is 344 g/mol. The smallest absolute Gasteiger partial charge is 0.222 e. The first-order chi connectivity index (χ1) is 13.4. The van der Waals surface area contributed by atoms with Gasteiger partial charge in [-0.25, -0.2) is 0 Å². The molecule has 0 saturated heterocycles. The molecule has 0 spiro atoms. The second-order valence-corrected chi connectivity index (χ2v) is 9.43. The fraction of sp³-hybridized carbons (Fsp3) is 0.600. The Morgan fingerprint density at radius 2 is 1.64 bits per heavy atom. The fourth-order valence-electron chi connectivity index (χ4n) is 4.69. The van der Waals surface area contributed by atoms with Crippen molar-refractivity contribution in [2.75, 3.05) is 13.1 Å². The molecule has 1 aliphatic carbocycles. The maximum atomic E-state index is 12.9. The van der Waals surface area contributed by atoms with E-state index >= 15 is 0 Å². The van der Waals surface area contributed by atoms with Crippen LogP contribution in [0.1, 0.15) is 71.3 Å². The van der Waals surface area contributed by atoms with E-state index in [1.165, 1.54) is 23.8 Å². The van der Waals surface area contributed by atoms with Crippen LogP contribution < -0.4 is 0 Å². The molecule has 0 radical (unpaired) electrons. The number of aromatic nitrogens is 1. The van der Waals surface area contributed by atoms with Gasteiger partial charge in [0.25, 0.3) is 0 Å². The second kappa shape index (κ2) is 9.54. The van der Waals surface area contributed by atoms with E-state index in [-0.39, 0.29) is 0 Å². The van der Waals surface area contributed by atoms with Crippen LogP contribution in [0.25, 0.3) is 10.9 Å². The van der Waals surface area contributed by atoms with Crippen LogP contribution in [-0.4, -0.2) is 28.9 Å². The van der Waals surface area contributed by atoms with Crippen LogP contribution in [0.15, 0.2) is 36.5 Å². The first-order valence-corrected chi connectivity index (χ1v) is 11.1. The molecular formula is C25H36N2O. The number of amides is 1. The summed E-state index contributed by atoms with van der Waals surface area (Å²) in [4.78, 5) is 19.5. The lowest BCUT2D eigenvalue weighted by Crippen LogP contribution is -2.38. The van der Waals surface area contributed by atoms with Gasteiger partial charge in [-0.05, 0) is 67.1 Å². The Bertz CT molecular complexity index is 760. The minimum absolute atomic E-state index is 0.361. The Labute approximate surface area is 170 Å². The largest absolute Gasteiger partial charge is 0.342 e. The van der Waals surface area contributed by atoms with Gasteiger partial charge in [0, 0.05) is 31.1 Å². The van der Waals surface area contributed by atoms with E-state index < -0.39 is 0 Å². The van der Waals surface area contributed by atoms with Crippen LogP contribution in [0.4, 0.5) is 0 Å². The molecule has 0 bridgehead atoms. The standard InChI is InChI=1S/C25H36N2O/c1-18(2)16-27(17-19(3)4)25(28)15-20-9-11-21(12-10-20)22-13-14-26-24-8-6-5-7-23(22)24/h5-8,13-14,18-21H,9-12,15-17H2,1-4H3/t20-,21-. The van der Waals surface area contributed by atoms with Gasteiger partial charge in [0.05, 0.1) is 5.52 Å². The summed E-state index contributed by atoms with van der Waals surface area (Å²) in [5.74, 6) is 2.55. The molecule has 3 rings (SSSR count). The molecule has 1 aliphatic rings. The van der Waals surface area contributed by atoms with Gasteiger partial charge in [0.2, 0.25) is 5.91 Å². The van der Waals surface area contributed by atoms with E-state index in [9.17, 15) is 4.79 Å². The zero-order chi connectivity index (χ0) is 20.1. The maximum Gasteiger partial charge on any atom is 0.222 e. The maximum absolute atomic E-state index is 12.9. The number of carbonyl (C=O) groups is 1. The summed E-state index contributed by atoms with van der Waals surface area (Å²) in [7, 11) is 0. The molecule has 0 N–H and O–H groups in total. The Balaban J connectivity index is 1.59. The molecule has 3 nitrogen and oxygen atoms in total. The van der Waals surface area contributed by atoms with Gasteiger partial charge in [-0.1, -0.05) is 45.9 Å². The summed E-state index contributed by atoms with van der Waals surface area (Å²) in [6.45, 7) is 10.6. The van der Waals surface area contributed by atoms with Crippen molar-refractivity contribution in [2.45, 2.75) is 65.7 Å². The van der Waals surface area contributed by atoms with E-state index in [0.717, 1.165) is 37.9 Å². The Morgan fingerprint density at radius 1 is 1.00 bits per heavy atom. The summed E-state index contributed by atoms with van der Waals surface area (Å²) in [5, 5.41) is 1.30. The molecule has 1 fully saturated rings. The second-order valence-electron chi connectivity index (χ2n) is 9.43. The minimum Gasteiger partial charge on any atom is -0.342 e. The quantitative estimate of drug-likeness (QED) is 0.587. The summed E-state index contributed by atoms with van der Waals surface area (Å²) in [6.07, 6.45) is 7.35. The third-order valence-electron chi connectivity index (χ3n) is 5.96. The van der Waals surface area contributed by atoms with E-state index in [0.29, 0.717) is 29.6 Å². The van der Waals surface area contributed by atoms with Gasteiger partial charge in [-0.15, -0.1) is 0 Å². The van der Waals surface area contributed by atoms with Gasteiger partial charge in [-0.2, -0.15) is 0 Å². The third-order valence-corrected chi connectivity index (χ3v) is 5.96. The van der Waals surface area contributed by atoms with Crippen molar-refractivity contribution in [3.05, 3.63) is 42.1 Å². The predicted molar refractivity (Wildman–Crippen MR) is 117 cm³/mol. The van der Waals surface area contributed by atoms with Crippen LogP contribution >= 0.6 is 0 Å². The topological polar surface area (TPSA) is 33.2 Å². The number of pyridine rings is 1. The van der Waals surface area contributed by atoms with Crippen molar-refractivity contribution in [2.24, 2.45) is 17.8 Å². The average molecular weight is 381 g/mol. The van der Waals surface area contributed by atoms with E-state index in [2.05, 4.69) is 67.9 Å². The lowest BCUT2D eigenvalue weighted by Gasteiger charge is -2.32. The summed E-state index contributed by atoms with van der Waals surface area (Å²) in [5.41, 5.74) is 2.53. The van der Waals surface area contributed by atoms with Crippen molar-refractivity contribution in [1.29, 1.82) is 0 Å². The fourth-order valence-corrected chi connectivity index (χ4v) is 4.69. The van der Waals surface area contributed by atoms with E-state index in [1.807, 2.05) is 6.20 Å². The van der Waals surface area contributed by atoms with Gasteiger partial charge in [0.15, 0.2) is 0 Å². The average Bonchev–Trinajstić information content (AvgIpc) is 2.67. The molecule has 28 heavy (non-hydrogen) atoms. The number of nitrogens with zero attached hydrogens (tertiary/aromatic N) is 2. The molecule has 0 atom stereocenters. The van der Waals surface area contributed by atoms with Crippen LogP contribution in [0.3, 0.4) is 0 Å². The normalized spacial score (nSPS) is 20.1. The first-order valence-electron chi connectivity index (χ1n) is 11.1. The lowest BCUT2D eigenvalue weighted by atomic mass is 9.76. The Kier molecular flexibility index (Phi) is 7.09. The van der Waals surface area contributed by atoms with Crippen molar-refractivity contribution in [1.82, 2.24) is 9.88 Å². The van der Waals surface area contributed by atoms with Crippen LogP contribution in [-0.2, 0) is 4.79 Å². The molecule has 1 amide bonds. The van der Waals surface area contributed by atoms with Gasteiger partial charge >= 0.3 is 0 Å². The van der Waals surface area contributed by atoms with Crippen LogP contribution in [0.2, 0.25) is 0 Å². The lowest BCUT2D eigenvalue weighted by molar-refractivity contribution is -0.133. The van der Waals surface area contributed by atoms with Crippen molar-refractivity contribution in [3.8, 4) is 0 Å². The van der Waals surface area contributed by atoms with E-state index in [4.69, 9.17) is 0 Å². The molecule has 0 unspecified atom stereocenters. The predicted octanol–water partition coefficient (Wildman–Crippen LogP) is 6.04. The highest BCUT2D eigenvalue weighted by molar-refractivity contribution is 5.82. The number of para-hydroxylation sites is 1. The van der Waals surface area contributed by atoms with Gasteiger partial charge in [-0.3, -0.25) is 9.78 Å². The molecule has 1 aromatic heterocycles. The van der Waals surface area contributed by atoms with Crippen LogP contribution in [0.5, 0.6) is 0 Å². The number of hydrogen-bond acceptors (Lipinski definition) is 2. The van der Waals surface area contributed by atoms with Crippen molar-refractivity contribution >= 4 is 16.8 Å².